The highest BCUT2D eigenvalue weighted by atomic mass is 79.9. The Morgan fingerprint density at radius 1 is 1.06 bits per heavy atom. The average Bonchev–Trinajstić information content (AvgIpc) is 3.36. The maximum atomic E-state index is 12.6. The molecule has 0 aliphatic rings. The molecular formula is C24H20BrN5O. The van der Waals surface area contributed by atoms with Crippen LogP contribution in [-0.2, 0) is 6.54 Å². The maximum absolute atomic E-state index is 12.6. The van der Waals surface area contributed by atoms with Crippen LogP contribution in [0.1, 0.15) is 11.1 Å². The summed E-state index contributed by atoms with van der Waals surface area (Å²) in [7, 11) is 0. The Morgan fingerprint density at radius 2 is 1.94 bits per heavy atom. The molecule has 31 heavy (non-hydrogen) atoms. The number of amides is 2. The van der Waals surface area contributed by atoms with Crippen LogP contribution in [0, 0.1) is 6.92 Å². The van der Waals surface area contributed by atoms with Crippen LogP contribution in [0.4, 0.5) is 16.2 Å². The zero-order valence-corrected chi connectivity index (χ0v) is 18.4. The van der Waals surface area contributed by atoms with Crippen molar-refractivity contribution in [1.29, 1.82) is 0 Å². The third-order valence-corrected chi connectivity index (χ3v) is 6.00. The van der Waals surface area contributed by atoms with E-state index < -0.39 is 0 Å². The quantitative estimate of drug-likeness (QED) is 0.287. The summed E-state index contributed by atoms with van der Waals surface area (Å²) in [5.74, 6) is 0. The molecule has 0 radical (unpaired) electrons. The fourth-order valence-corrected chi connectivity index (χ4v) is 4.15. The molecule has 0 saturated heterocycles. The first-order chi connectivity index (χ1) is 15.1. The lowest BCUT2D eigenvalue weighted by atomic mass is 10.2. The highest BCUT2D eigenvalue weighted by molar-refractivity contribution is 9.10. The number of halogens is 1. The first-order valence-corrected chi connectivity index (χ1v) is 10.7. The second kappa shape index (κ2) is 7.92. The number of nitrogens with zero attached hydrogens (tertiary/aromatic N) is 2. The van der Waals surface area contributed by atoms with Gasteiger partial charge in [-0.2, -0.15) is 0 Å². The van der Waals surface area contributed by atoms with Crippen molar-refractivity contribution in [2.24, 2.45) is 0 Å². The molecule has 0 fully saturated rings. The summed E-state index contributed by atoms with van der Waals surface area (Å²) in [5, 5.41) is 7.99. The highest BCUT2D eigenvalue weighted by Crippen LogP contribution is 2.28. The molecule has 0 unspecified atom stereocenters. The molecule has 0 aliphatic carbocycles. The van der Waals surface area contributed by atoms with Crippen molar-refractivity contribution in [3.63, 3.8) is 0 Å². The number of hydrogen-bond acceptors (Lipinski definition) is 2. The average molecular weight is 474 g/mol. The number of aromatic amines is 1. The van der Waals surface area contributed by atoms with Crippen LogP contribution in [-0.4, -0.2) is 20.6 Å². The first kappa shape index (κ1) is 19.4. The van der Waals surface area contributed by atoms with Gasteiger partial charge in [-0.3, -0.25) is 0 Å². The standard InChI is InChI=1S/C24H20BrN5O/c1-15-7-8-19(25)21(12-15)29-24(31)28-20-5-2-6-22-18(20)9-11-30(22)14-16-13-27-23-17(16)4-3-10-26-23/h2-13H,14H2,1H3,(H,26,27)(H2,28,29,31). The van der Waals surface area contributed by atoms with Gasteiger partial charge in [-0.1, -0.05) is 12.1 Å². The molecule has 0 atom stereocenters. The van der Waals surface area contributed by atoms with Gasteiger partial charge in [-0.25, -0.2) is 9.78 Å². The first-order valence-electron chi connectivity index (χ1n) is 9.91. The van der Waals surface area contributed by atoms with Gasteiger partial charge in [-0.05, 0) is 76.4 Å². The Hall–Kier alpha value is -3.58. The van der Waals surface area contributed by atoms with E-state index in [0.717, 1.165) is 43.3 Å². The molecule has 5 rings (SSSR count). The molecule has 0 saturated carbocycles. The van der Waals surface area contributed by atoms with Crippen LogP contribution in [0.2, 0.25) is 0 Å². The van der Waals surface area contributed by atoms with Crippen LogP contribution in [0.5, 0.6) is 0 Å². The number of nitrogens with one attached hydrogen (secondary N) is 3. The number of anilines is 2. The van der Waals surface area contributed by atoms with Crippen LogP contribution in [0.3, 0.4) is 0 Å². The molecule has 2 aromatic carbocycles. The molecule has 7 heteroatoms. The maximum Gasteiger partial charge on any atom is 0.323 e. The molecule has 5 aromatic rings. The number of carbonyl (C=O) groups excluding carboxylic acids is 1. The molecule has 0 aliphatic heterocycles. The van der Waals surface area contributed by atoms with E-state index in [9.17, 15) is 4.79 Å². The van der Waals surface area contributed by atoms with Crippen LogP contribution < -0.4 is 10.6 Å². The fraction of sp³-hybridized carbons (Fsp3) is 0.0833. The summed E-state index contributed by atoms with van der Waals surface area (Å²) in [5.41, 5.74) is 5.67. The van der Waals surface area contributed by atoms with Crippen LogP contribution in [0.25, 0.3) is 21.9 Å². The lowest BCUT2D eigenvalue weighted by Crippen LogP contribution is -2.19. The van der Waals surface area contributed by atoms with Gasteiger partial charge >= 0.3 is 6.03 Å². The van der Waals surface area contributed by atoms with E-state index in [-0.39, 0.29) is 6.03 Å². The van der Waals surface area contributed by atoms with Crippen molar-refractivity contribution in [2.45, 2.75) is 13.5 Å². The molecule has 3 aromatic heterocycles. The van der Waals surface area contributed by atoms with E-state index in [1.165, 1.54) is 5.56 Å². The van der Waals surface area contributed by atoms with Crippen LogP contribution >= 0.6 is 15.9 Å². The number of fused-ring (bicyclic) bond motifs is 2. The summed E-state index contributed by atoms with van der Waals surface area (Å²) in [6.45, 7) is 2.70. The molecule has 3 heterocycles. The van der Waals surface area contributed by atoms with E-state index in [4.69, 9.17) is 0 Å². The molecule has 6 nitrogen and oxygen atoms in total. The highest BCUT2D eigenvalue weighted by Gasteiger charge is 2.12. The number of hydrogen-bond donors (Lipinski definition) is 3. The van der Waals surface area contributed by atoms with E-state index >= 15 is 0 Å². The van der Waals surface area contributed by atoms with Crippen molar-refractivity contribution >= 4 is 55.3 Å². The fourth-order valence-electron chi connectivity index (χ4n) is 3.81. The number of aryl methyl sites for hydroxylation is 1. The van der Waals surface area contributed by atoms with E-state index in [1.807, 2.05) is 61.8 Å². The van der Waals surface area contributed by atoms with E-state index in [2.05, 4.69) is 53.2 Å². The Labute approximate surface area is 187 Å². The predicted molar refractivity (Wildman–Crippen MR) is 129 cm³/mol. The van der Waals surface area contributed by atoms with Crippen molar-refractivity contribution in [3.8, 4) is 0 Å². The number of benzene rings is 2. The van der Waals surface area contributed by atoms with E-state index in [0.29, 0.717) is 6.54 Å². The third kappa shape index (κ3) is 3.80. The number of rotatable bonds is 4. The topological polar surface area (TPSA) is 74.7 Å². The number of H-pyrrole nitrogens is 1. The number of aromatic nitrogens is 3. The van der Waals surface area contributed by atoms with Gasteiger partial charge in [0.05, 0.1) is 16.9 Å². The summed E-state index contributed by atoms with van der Waals surface area (Å²) >= 11 is 3.48. The zero-order valence-electron chi connectivity index (χ0n) is 16.8. The predicted octanol–water partition coefficient (Wildman–Crippen LogP) is 6.28. The second-order valence-electron chi connectivity index (χ2n) is 7.46. The molecular weight excluding hydrogens is 454 g/mol. The Balaban J connectivity index is 1.40. The number of carbonyl (C=O) groups is 1. The minimum absolute atomic E-state index is 0.283. The summed E-state index contributed by atoms with van der Waals surface area (Å²) < 4.78 is 3.01. The van der Waals surface area contributed by atoms with E-state index in [1.54, 1.807) is 6.20 Å². The van der Waals surface area contributed by atoms with Gasteiger partial charge in [0.2, 0.25) is 0 Å². The van der Waals surface area contributed by atoms with Gasteiger partial charge in [0.25, 0.3) is 0 Å². The Bertz CT molecular complexity index is 1420. The molecule has 0 spiro atoms. The van der Waals surface area contributed by atoms with Gasteiger partial charge in [0, 0.05) is 40.4 Å². The molecule has 3 N–H and O–H groups in total. The number of urea groups is 1. The van der Waals surface area contributed by atoms with Crippen molar-refractivity contribution in [2.75, 3.05) is 10.6 Å². The molecule has 154 valence electrons. The molecule has 0 bridgehead atoms. The zero-order chi connectivity index (χ0) is 21.4. The Kier molecular flexibility index (Phi) is 4.95. The lowest BCUT2D eigenvalue weighted by Gasteiger charge is -2.11. The van der Waals surface area contributed by atoms with Gasteiger partial charge < -0.3 is 20.2 Å². The second-order valence-corrected chi connectivity index (χ2v) is 8.31. The van der Waals surface area contributed by atoms with Crippen molar-refractivity contribution < 1.29 is 4.79 Å². The summed E-state index contributed by atoms with van der Waals surface area (Å²) in [6, 6.07) is 17.5. The van der Waals surface area contributed by atoms with Gasteiger partial charge in [0.1, 0.15) is 5.65 Å². The minimum atomic E-state index is -0.283. The van der Waals surface area contributed by atoms with Gasteiger partial charge in [-0.15, -0.1) is 0 Å². The summed E-state index contributed by atoms with van der Waals surface area (Å²) in [4.78, 5) is 20.2. The summed E-state index contributed by atoms with van der Waals surface area (Å²) in [6.07, 6.45) is 5.82. The monoisotopic (exact) mass is 473 g/mol. The van der Waals surface area contributed by atoms with Crippen LogP contribution in [0.15, 0.2) is 77.7 Å². The molecule has 2 amide bonds. The number of pyridine rings is 1. The SMILES string of the molecule is Cc1ccc(Br)c(NC(=O)Nc2cccc3c2ccn3Cc2c[nH]c3ncccc23)c1. The minimum Gasteiger partial charge on any atom is -0.346 e. The van der Waals surface area contributed by atoms with Crippen molar-refractivity contribution in [1.82, 2.24) is 14.5 Å². The normalized spacial score (nSPS) is 11.2. The lowest BCUT2D eigenvalue weighted by molar-refractivity contribution is 0.262. The third-order valence-electron chi connectivity index (χ3n) is 5.31. The largest absolute Gasteiger partial charge is 0.346 e. The van der Waals surface area contributed by atoms with Gasteiger partial charge in [0.15, 0.2) is 0 Å². The Morgan fingerprint density at radius 3 is 2.84 bits per heavy atom. The van der Waals surface area contributed by atoms with Crippen molar-refractivity contribution in [3.05, 3.63) is 88.8 Å². The smallest absolute Gasteiger partial charge is 0.323 e.